The molecule has 1 saturated heterocycles. The van der Waals surface area contributed by atoms with Crippen molar-refractivity contribution in [1.82, 2.24) is 15.1 Å². The van der Waals surface area contributed by atoms with Crippen LogP contribution in [0, 0.1) is 11.7 Å². The van der Waals surface area contributed by atoms with Crippen molar-refractivity contribution < 1.29 is 9.18 Å². The fraction of sp³-hybridized carbons (Fsp3) is 0.318. The number of aryl methyl sites for hydroxylation is 1. The van der Waals surface area contributed by atoms with E-state index in [2.05, 4.69) is 15.3 Å². The molecule has 1 atom stereocenters. The van der Waals surface area contributed by atoms with Gasteiger partial charge in [-0.15, -0.1) is 0 Å². The molecular weight excluding hydrogens is 371 g/mol. The van der Waals surface area contributed by atoms with Crippen LogP contribution >= 0.6 is 0 Å². The van der Waals surface area contributed by atoms with E-state index in [1.165, 1.54) is 16.8 Å². The normalized spacial score (nSPS) is 16.3. The zero-order chi connectivity index (χ0) is 20.4. The molecule has 2 heterocycles. The summed E-state index contributed by atoms with van der Waals surface area (Å²) >= 11 is 0. The van der Waals surface area contributed by atoms with Gasteiger partial charge in [0.05, 0.1) is 5.39 Å². The van der Waals surface area contributed by atoms with Crippen molar-refractivity contribution >= 4 is 22.4 Å². The topological polar surface area (TPSA) is 67.2 Å². The van der Waals surface area contributed by atoms with E-state index in [0.717, 1.165) is 25.2 Å². The Hall–Kier alpha value is -3.22. The second kappa shape index (κ2) is 8.03. The summed E-state index contributed by atoms with van der Waals surface area (Å²) in [6.07, 6.45) is 0.945. The predicted molar refractivity (Wildman–Crippen MR) is 111 cm³/mol. The summed E-state index contributed by atoms with van der Waals surface area (Å²) in [5.41, 5.74) is 1.07. The van der Waals surface area contributed by atoms with Gasteiger partial charge in [-0.1, -0.05) is 18.2 Å². The third-order valence-corrected chi connectivity index (χ3v) is 5.41. The Morgan fingerprint density at radius 3 is 2.62 bits per heavy atom. The van der Waals surface area contributed by atoms with E-state index >= 15 is 0 Å². The van der Waals surface area contributed by atoms with Gasteiger partial charge in [0.15, 0.2) is 5.69 Å². The van der Waals surface area contributed by atoms with E-state index in [9.17, 15) is 14.0 Å². The summed E-state index contributed by atoms with van der Waals surface area (Å²) in [5.74, 6) is -0.221. The van der Waals surface area contributed by atoms with Crippen molar-refractivity contribution in [2.75, 3.05) is 24.5 Å². The van der Waals surface area contributed by atoms with Crippen LogP contribution in [0.2, 0.25) is 0 Å². The van der Waals surface area contributed by atoms with Crippen LogP contribution in [0.15, 0.2) is 53.3 Å². The number of anilines is 1. The first-order chi connectivity index (χ1) is 14.1. The van der Waals surface area contributed by atoms with Gasteiger partial charge in [-0.25, -0.2) is 9.07 Å². The average Bonchev–Trinajstić information content (AvgIpc) is 3.22. The standard InChI is InChI=1S/C22H23FN4O2/c1-2-27-22(29)19-6-4-3-5-18(19)20(25-27)21(28)24-13-15-11-12-26(14-15)17-9-7-16(23)8-10-17/h3-10,15H,2,11-14H2,1H3,(H,24,28)/t15-/m1/s1. The number of benzene rings is 2. The molecule has 0 saturated carbocycles. The second-order valence-corrected chi connectivity index (χ2v) is 7.30. The van der Waals surface area contributed by atoms with Gasteiger partial charge in [-0.05, 0) is 49.6 Å². The molecule has 0 bridgehead atoms. The molecule has 1 fully saturated rings. The second-order valence-electron chi connectivity index (χ2n) is 7.30. The van der Waals surface area contributed by atoms with Crippen molar-refractivity contribution in [3.63, 3.8) is 0 Å². The molecule has 1 aromatic heterocycles. The summed E-state index contributed by atoms with van der Waals surface area (Å²) in [6.45, 7) is 4.42. The lowest BCUT2D eigenvalue weighted by molar-refractivity contribution is 0.0943. The number of aromatic nitrogens is 2. The maximum absolute atomic E-state index is 13.1. The number of nitrogens with one attached hydrogen (secondary N) is 1. The molecule has 0 unspecified atom stereocenters. The van der Waals surface area contributed by atoms with Crippen LogP contribution in [0.4, 0.5) is 10.1 Å². The number of hydrogen-bond acceptors (Lipinski definition) is 4. The van der Waals surface area contributed by atoms with E-state index in [1.807, 2.05) is 6.92 Å². The number of carbonyl (C=O) groups is 1. The van der Waals surface area contributed by atoms with Crippen molar-refractivity contribution in [2.45, 2.75) is 19.9 Å². The molecule has 1 amide bonds. The van der Waals surface area contributed by atoms with Crippen LogP contribution in [0.5, 0.6) is 0 Å². The van der Waals surface area contributed by atoms with Gasteiger partial charge in [-0.3, -0.25) is 9.59 Å². The minimum atomic E-state index is -0.274. The Morgan fingerprint density at radius 2 is 1.90 bits per heavy atom. The lowest BCUT2D eigenvalue weighted by Gasteiger charge is -2.19. The van der Waals surface area contributed by atoms with Crippen LogP contribution in [-0.2, 0) is 6.54 Å². The number of amides is 1. The summed E-state index contributed by atoms with van der Waals surface area (Å²) in [5, 5.41) is 8.33. The number of rotatable bonds is 5. The number of hydrogen-bond donors (Lipinski definition) is 1. The average molecular weight is 394 g/mol. The Bertz CT molecular complexity index is 1090. The minimum absolute atomic E-state index is 0.189. The molecule has 150 valence electrons. The molecule has 6 nitrogen and oxygen atoms in total. The molecular formula is C22H23FN4O2. The predicted octanol–water partition coefficient (Wildman–Crippen LogP) is 2.81. The molecule has 1 aliphatic rings. The quantitative estimate of drug-likeness (QED) is 0.723. The zero-order valence-electron chi connectivity index (χ0n) is 16.3. The first kappa shape index (κ1) is 19.1. The maximum atomic E-state index is 13.1. The highest BCUT2D eigenvalue weighted by atomic mass is 19.1. The minimum Gasteiger partial charge on any atom is -0.371 e. The monoisotopic (exact) mass is 394 g/mol. The largest absolute Gasteiger partial charge is 0.371 e. The van der Waals surface area contributed by atoms with Gasteiger partial charge < -0.3 is 10.2 Å². The Morgan fingerprint density at radius 1 is 1.17 bits per heavy atom. The molecule has 29 heavy (non-hydrogen) atoms. The van der Waals surface area contributed by atoms with Crippen LogP contribution in [0.1, 0.15) is 23.8 Å². The van der Waals surface area contributed by atoms with Crippen LogP contribution in [-0.4, -0.2) is 35.3 Å². The van der Waals surface area contributed by atoms with Gasteiger partial charge >= 0.3 is 0 Å². The molecule has 0 aliphatic carbocycles. The Balaban J connectivity index is 1.46. The van der Waals surface area contributed by atoms with E-state index in [-0.39, 0.29) is 23.0 Å². The molecule has 3 aromatic rings. The Labute approximate surface area is 167 Å². The third kappa shape index (κ3) is 3.85. The lowest BCUT2D eigenvalue weighted by atomic mass is 10.1. The SMILES string of the molecule is CCn1nc(C(=O)NC[C@H]2CCN(c3ccc(F)cc3)C2)c2ccccc2c1=O. The fourth-order valence-electron chi connectivity index (χ4n) is 3.82. The summed E-state index contributed by atoms with van der Waals surface area (Å²) in [7, 11) is 0. The van der Waals surface area contributed by atoms with E-state index in [1.54, 1.807) is 36.4 Å². The molecule has 7 heteroatoms. The summed E-state index contributed by atoms with van der Waals surface area (Å²) < 4.78 is 14.4. The highest BCUT2D eigenvalue weighted by molar-refractivity contribution is 6.04. The molecule has 0 radical (unpaired) electrons. The van der Waals surface area contributed by atoms with Gasteiger partial charge in [0.2, 0.25) is 0 Å². The van der Waals surface area contributed by atoms with Gasteiger partial charge in [0.1, 0.15) is 5.82 Å². The van der Waals surface area contributed by atoms with Gasteiger partial charge in [0.25, 0.3) is 11.5 Å². The lowest BCUT2D eigenvalue weighted by Crippen LogP contribution is -2.34. The maximum Gasteiger partial charge on any atom is 0.274 e. The number of carbonyl (C=O) groups excluding carboxylic acids is 1. The molecule has 1 N–H and O–H groups in total. The molecule has 1 aliphatic heterocycles. The highest BCUT2D eigenvalue weighted by Crippen LogP contribution is 2.23. The van der Waals surface area contributed by atoms with Crippen molar-refractivity contribution in [1.29, 1.82) is 0 Å². The fourth-order valence-corrected chi connectivity index (χ4v) is 3.82. The number of fused-ring (bicyclic) bond motifs is 1. The first-order valence-electron chi connectivity index (χ1n) is 9.85. The third-order valence-electron chi connectivity index (χ3n) is 5.41. The van der Waals surface area contributed by atoms with E-state index < -0.39 is 0 Å². The van der Waals surface area contributed by atoms with Crippen LogP contribution < -0.4 is 15.8 Å². The summed E-state index contributed by atoms with van der Waals surface area (Å²) in [4.78, 5) is 27.5. The number of nitrogens with zero attached hydrogens (tertiary/aromatic N) is 3. The van der Waals surface area contributed by atoms with Crippen molar-refractivity contribution in [2.24, 2.45) is 5.92 Å². The van der Waals surface area contributed by atoms with Crippen LogP contribution in [0.25, 0.3) is 10.8 Å². The Kier molecular flexibility index (Phi) is 5.29. The molecule has 0 spiro atoms. The van der Waals surface area contributed by atoms with E-state index in [0.29, 0.717) is 29.8 Å². The van der Waals surface area contributed by atoms with Gasteiger partial charge in [0, 0.05) is 37.3 Å². The van der Waals surface area contributed by atoms with E-state index in [4.69, 9.17) is 0 Å². The zero-order valence-corrected chi connectivity index (χ0v) is 16.3. The summed E-state index contributed by atoms with van der Waals surface area (Å²) in [6, 6.07) is 13.5. The smallest absolute Gasteiger partial charge is 0.274 e. The number of halogens is 1. The van der Waals surface area contributed by atoms with Crippen molar-refractivity contribution in [3.8, 4) is 0 Å². The van der Waals surface area contributed by atoms with Crippen molar-refractivity contribution in [3.05, 3.63) is 70.4 Å². The first-order valence-corrected chi connectivity index (χ1v) is 9.85. The molecule has 4 rings (SSSR count). The highest BCUT2D eigenvalue weighted by Gasteiger charge is 2.24. The van der Waals surface area contributed by atoms with Gasteiger partial charge in [-0.2, -0.15) is 5.10 Å². The van der Waals surface area contributed by atoms with Crippen LogP contribution in [0.3, 0.4) is 0 Å². The molecule has 2 aromatic carbocycles.